The van der Waals surface area contributed by atoms with Gasteiger partial charge in [-0.2, -0.15) is 0 Å². The Labute approximate surface area is 274 Å². The van der Waals surface area contributed by atoms with Crippen molar-refractivity contribution < 1.29 is 0 Å². The van der Waals surface area contributed by atoms with E-state index in [1.807, 2.05) is 27.7 Å². The van der Waals surface area contributed by atoms with Gasteiger partial charge >= 0.3 is 0 Å². The fraction of sp³-hybridized carbons (Fsp3) is 0.156. The molecule has 1 heterocycles. The Hall–Kier alpha value is -5.14. The lowest BCUT2D eigenvalue weighted by Crippen LogP contribution is -1.93. The lowest BCUT2D eigenvalue weighted by Gasteiger charge is -2.20. The average molecular weight is 598 g/mol. The van der Waals surface area contributed by atoms with Crippen LogP contribution in [-0.2, 0) is 0 Å². The maximum absolute atomic E-state index is 2.34. The lowest BCUT2D eigenvalue weighted by atomic mass is 9.83. The predicted octanol–water partition coefficient (Wildman–Crippen LogP) is 13.1. The quantitative estimate of drug-likeness (QED) is 0.182. The Balaban J connectivity index is 0.000000896. The molecule has 0 saturated carbocycles. The van der Waals surface area contributed by atoms with Crippen molar-refractivity contribution in [2.75, 3.05) is 7.05 Å². The SMILES string of the molecule is CC.CC.Cc1ccc(-c2cccc3c(-c4c5ccccc5c(-c5cccc(C6=CN6C)c5)c5ccccc45)cccc23)c(C)c1. The van der Waals surface area contributed by atoms with Crippen molar-refractivity contribution in [3.8, 4) is 33.4 Å². The van der Waals surface area contributed by atoms with E-state index < -0.39 is 0 Å². The van der Waals surface area contributed by atoms with Crippen molar-refractivity contribution in [3.05, 3.63) is 150 Å². The van der Waals surface area contributed by atoms with Crippen LogP contribution in [0.2, 0.25) is 0 Å². The van der Waals surface area contributed by atoms with Crippen LogP contribution in [0.5, 0.6) is 0 Å². The molecule has 0 saturated heterocycles. The molecule has 0 aliphatic carbocycles. The first-order valence-electron chi connectivity index (χ1n) is 16.7. The van der Waals surface area contributed by atoms with Crippen LogP contribution in [0.4, 0.5) is 0 Å². The number of nitrogens with zero attached hydrogens (tertiary/aromatic N) is 1. The summed E-state index contributed by atoms with van der Waals surface area (Å²) < 4.78 is 0. The van der Waals surface area contributed by atoms with Crippen molar-refractivity contribution in [3.63, 3.8) is 0 Å². The topological polar surface area (TPSA) is 3.01 Å². The normalized spacial score (nSPS) is 11.9. The van der Waals surface area contributed by atoms with E-state index in [1.165, 1.54) is 88.1 Å². The van der Waals surface area contributed by atoms with Gasteiger partial charge in [0.25, 0.3) is 0 Å². The molecule has 0 spiro atoms. The van der Waals surface area contributed by atoms with E-state index >= 15 is 0 Å². The van der Waals surface area contributed by atoms with E-state index in [4.69, 9.17) is 0 Å². The van der Waals surface area contributed by atoms with Crippen molar-refractivity contribution in [2.45, 2.75) is 41.5 Å². The fourth-order valence-electron chi connectivity index (χ4n) is 6.87. The van der Waals surface area contributed by atoms with E-state index in [0.29, 0.717) is 0 Å². The maximum Gasteiger partial charge on any atom is 0.0643 e. The molecule has 228 valence electrons. The van der Waals surface area contributed by atoms with E-state index in [9.17, 15) is 0 Å². The minimum Gasteiger partial charge on any atom is -0.347 e. The molecule has 7 aromatic rings. The Bertz CT molecular complexity index is 2180. The second-order valence-corrected chi connectivity index (χ2v) is 11.6. The molecule has 46 heavy (non-hydrogen) atoms. The minimum absolute atomic E-state index is 1.25. The number of benzene rings is 7. The molecule has 0 unspecified atom stereocenters. The Morgan fingerprint density at radius 3 is 1.46 bits per heavy atom. The molecule has 1 aliphatic heterocycles. The monoisotopic (exact) mass is 597 g/mol. The van der Waals surface area contributed by atoms with Crippen LogP contribution in [0.25, 0.3) is 71.4 Å². The zero-order chi connectivity index (χ0) is 32.4. The summed E-state index contributed by atoms with van der Waals surface area (Å²) in [5, 5.41) is 7.69. The van der Waals surface area contributed by atoms with Crippen LogP contribution in [0.15, 0.2) is 134 Å². The molecule has 0 bridgehead atoms. The lowest BCUT2D eigenvalue weighted by molar-refractivity contribution is 0.777. The molecule has 0 N–H and O–H groups in total. The highest BCUT2D eigenvalue weighted by Gasteiger charge is 2.21. The van der Waals surface area contributed by atoms with E-state index in [0.717, 1.165) is 0 Å². The third-order valence-corrected chi connectivity index (χ3v) is 8.87. The van der Waals surface area contributed by atoms with E-state index in [2.05, 4.69) is 159 Å². The summed E-state index contributed by atoms with van der Waals surface area (Å²) in [6.07, 6.45) is 2.19. The van der Waals surface area contributed by atoms with Crippen LogP contribution < -0.4 is 0 Å². The van der Waals surface area contributed by atoms with Gasteiger partial charge in [0, 0.05) is 18.8 Å². The smallest absolute Gasteiger partial charge is 0.0643 e. The van der Waals surface area contributed by atoms with Crippen molar-refractivity contribution in [1.29, 1.82) is 0 Å². The minimum atomic E-state index is 1.25. The van der Waals surface area contributed by atoms with Crippen LogP contribution in [0.1, 0.15) is 44.4 Å². The van der Waals surface area contributed by atoms with Crippen molar-refractivity contribution in [2.24, 2.45) is 0 Å². The first kappa shape index (κ1) is 30.9. The molecule has 1 heteroatoms. The predicted molar refractivity (Wildman–Crippen MR) is 203 cm³/mol. The largest absolute Gasteiger partial charge is 0.347 e. The first-order valence-corrected chi connectivity index (χ1v) is 16.7. The summed E-state index contributed by atoms with van der Waals surface area (Å²) in [5.41, 5.74) is 12.9. The third kappa shape index (κ3) is 5.37. The summed E-state index contributed by atoms with van der Waals surface area (Å²) in [6, 6.07) is 47.2. The highest BCUT2D eigenvalue weighted by Crippen LogP contribution is 2.46. The number of hydrogen-bond acceptors (Lipinski definition) is 1. The van der Waals surface area contributed by atoms with Gasteiger partial charge in [-0.25, -0.2) is 0 Å². The molecule has 0 radical (unpaired) electrons. The number of aryl methyl sites for hydroxylation is 2. The summed E-state index contributed by atoms with van der Waals surface area (Å²) >= 11 is 0. The molecule has 7 aromatic carbocycles. The zero-order valence-electron chi connectivity index (χ0n) is 28.1. The third-order valence-electron chi connectivity index (χ3n) is 8.87. The van der Waals surface area contributed by atoms with Gasteiger partial charge in [0.2, 0.25) is 0 Å². The highest BCUT2D eigenvalue weighted by molar-refractivity contribution is 6.24. The molecule has 1 aliphatic rings. The van der Waals surface area contributed by atoms with Crippen LogP contribution in [0, 0.1) is 13.8 Å². The highest BCUT2D eigenvalue weighted by atomic mass is 15.2. The number of fused-ring (bicyclic) bond motifs is 3. The van der Waals surface area contributed by atoms with Crippen LogP contribution in [-0.4, -0.2) is 11.9 Å². The standard InChI is InChI=1S/C41H31N.2C2H6/c1-26-21-22-30(27(2)23-26)31-17-9-19-33-32(31)18-10-20-34(33)41-37-15-6-4-13-35(37)40(36-14-5-7-16-38(36)41)29-12-8-11-28(24-29)39-25-42(39)3;2*1-2/h4-25H,1-3H3;2*1-2H3. The van der Waals surface area contributed by atoms with Crippen molar-refractivity contribution >= 4 is 38.0 Å². The molecular weight excluding hydrogens is 555 g/mol. The number of hydrogen-bond donors (Lipinski definition) is 0. The van der Waals surface area contributed by atoms with Gasteiger partial charge in [-0.15, -0.1) is 0 Å². The first-order chi connectivity index (χ1) is 22.6. The van der Waals surface area contributed by atoms with Gasteiger partial charge < -0.3 is 4.90 Å². The molecular formula is C45H43N. The zero-order valence-corrected chi connectivity index (χ0v) is 28.1. The average Bonchev–Trinajstić information content (AvgIpc) is 3.85. The molecule has 8 rings (SSSR count). The van der Waals surface area contributed by atoms with Gasteiger partial charge in [-0.3, -0.25) is 0 Å². The summed E-state index contributed by atoms with van der Waals surface area (Å²) in [6.45, 7) is 12.4. The van der Waals surface area contributed by atoms with Crippen LogP contribution >= 0.6 is 0 Å². The van der Waals surface area contributed by atoms with E-state index in [1.54, 1.807) is 0 Å². The maximum atomic E-state index is 2.34. The van der Waals surface area contributed by atoms with Gasteiger partial charge in [0.1, 0.15) is 0 Å². The summed E-state index contributed by atoms with van der Waals surface area (Å²) in [4.78, 5) is 2.19. The van der Waals surface area contributed by atoms with Crippen molar-refractivity contribution in [1.82, 2.24) is 4.90 Å². The second kappa shape index (κ2) is 13.1. The molecule has 0 atom stereocenters. The van der Waals surface area contributed by atoms with E-state index in [-0.39, 0.29) is 0 Å². The van der Waals surface area contributed by atoms with Gasteiger partial charge in [-0.1, -0.05) is 155 Å². The van der Waals surface area contributed by atoms with Gasteiger partial charge in [-0.05, 0) is 91.2 Å². The molecule has 0 aromatic heterocycles. The molecule has 0 amide bonds. The van der Waals surface area contributed by atoms with Gasteiger partial charge in [0.15, 0.2) is 0 Å². The summed E-state index contributed by atoms with van der Waals surface area (Å²) in [5.74, 6) is 0. The second-order valence-electron chi connectivity index (χ2n) is 11.6. The molecule has 1 nitrogen and oxygen atoms in total. The fourth-order valence-corrected chi connectivity index (χ4v) is 6.87. The summed E-state index contributed by atoms with van der Waals surface area (Å²) in [7, 11) is 2.11. The Kier molecular flexibility index (Phi) is 8.77. The molecule has 0 fully saturated rings. The van der Waals surface area contributed by atoms with Gasteiger partial charge in [0.05, 0.1) is 5.70 Å². The Morgan fingerprint density at radius 1 is 0.413 bits per heavy atom. The Morgan fingerprint density at radius 2 is 0.891 bits per heavy atom. The van der Waals surface area contributed by atoms with Crippen LogP contribution in [0.3, 0.4) is 0 Å². The number of rotatable bonds is 4.